The zero-order valence-corrected chi connectivity index (χ0v) is 15.9. The minimum atomic E-state index is -2.10. The number of Topliss-reactive ketones (excluding diaryl/α,β-unsaturated/α-hetero) is 1. The summed E-state index contributed by atoms with van der Waals surface area (Å²) in [5.74, 6) is -2.63. The molecular formula is C16H28N2O11. The molecule has 0 saturated carbocycles. The summed E-state index contributed by atoms with van der Waals surface area (Å²) in [6, 6.07) is -3.40. The van der Waals surface area contributed by atoms with Crippen LogP contribution in [0.5, 0.6) is 0 Å². The number of carbonyl (C=O) groups is 3. The number of hydrogen-bond donors (Lipinski definition) is 9. The highest BCUT2D eigenvalue weighted by atomic mass is 16.5. The SMILES string of the molecule is CC(=O)N[C@@H]1[C@@H](O)[C@@H](O)[C@@H](CO)O[C@H]1C(=O)[C@H](NC(C)=O)[C@@H](O)[C@H](O)[C@H](O)CO. The second-order valence-electron chi connectivity index (χ2n) is 6.80. The maximum absolute atomic E-state index is 13.0. The predicted molar refractivity (Wildman–Crippen MR) is 93.1 cm³/mol. The Hall–Kier alpha value is -1.71. The Balaban J connectivity index is 3.26. The molecule has 13 nitrogen and oxygen atoms in total. The van der Waals surface area contributed by atoms with Crippen LogP contribution < -0.4 is 10.6 Å². The third-order valence-corrected chi connectivity index (χ3v) is 4.51. The maximum atomic E-state index is 13.0. The van der Waals surface area contributed by atoms with E-state index in [-0.39, 0.29) is 0 Å². The van der Waals surface area contributed by atoms with Crippen LogP contribution in [-0.2, 0) is 19.1 Å². The molecule has 9 atom stereocenters. The van der Waals surface area contributed by atoms with E-state index in [1.54, 1.807) is 0 Å². The molecule has 9 N–H and O–H groups in total. The minimum absolute atomic E-state index is 0.697. The van der Waals surface area contributed by atoms with Crippen LogP contribution in [0.4, 0.5) is 0 Å². The van der Waals surface area contributed by atoms with E-state index in [2.05, 4.69) is 10.6 Å². The van der Waals surface area contributed by atoms with E-state index in [1.165, 1.54) is 0 Å². The second kappa shape index (κ2) is 10.9. The summed E-state index contributed by atoms with van der Waals surface area (Å²) in [6.07, 6.45) is -12.6. The first kappa shape index (κ1) is 25.3. The van der Waals surface area contributed by atoms with Crippen LogP contribution in [0.1, 0.15) is 13.8 Å². The molecule has 0 unspecified atom stereocenters. The molecule has 168 valence electrons. The third kappa shape index (κ3) is 6.13. The summed E-state index contributed by atoms with van der Waals surface area (Å²) >= 11 is 0. The number of ketones is 1. The predicted octanol–water partition coefficient (Wildman–Crippen LogP) is -5.88. The molecule has 0 aliphatic carbocycles. The molecule has 1 aliphatic rings. The first-order valence-electron chi connectivity index (χ1n) is 8.81. The van der Waals surface area contributed by atoms with Crippen LogP contribution in [0, 0.1) is 0 Å². The first-order valence-corrected chi connectivity index (χ1v) is 8.81. The van der Waals surface area contributed by atoms with Crippen molar-refractivity contribution in [1.82, 2.24) is 10.6 Å². The lowest BCUT2D eigenvalue weighted by Gasteiger charge is -2.43. The molecule has 13 heteroatoms. The molecule has 1 fully saturated rings. The molecule has 1 rings (SSSR count). The highest BCUT2D eigenvalue weighted by Gasteiger charge is 2.50. The topological polar surface area (TPSA) is 226 Å². The molecular weight excluding hydrogens is 396 g/mol. The Kier molecular flexibility index (Phi) is 9.51. The normalized spacial score (nSPS) is 31.3. The quantitative estimate of drug-likeness (QED) is 0.169. The summed E-state index contributed by atoms with van der Waals surface area (Å²) < 4.78 is 5.29. The van der Waals surface area contributed by atoms with E-state index < -0.39 is 85.6 Å². The lowest BCUT2D eigenvalue weighted by atomic mass is 9.86. The lowest BCUT2D eigenvalue weighted by Crippen LogP contribution is -2.69. The summed E-state index contributed by atoms with van der Waals surface area (Å²) in [6.45, 7) is 0.323. The van der Waals surface area contributed by atoms with Gasteiger partial charge in [0, 0.05) is 13.8 Å². The number of nitrogens with one attached hydrogen (secondary N) is 2. The van der Waals surface area contributed by atoms with Crippen molar-refractivity contribution in [1.29, 1.82) is 0 Å². The van der Waals surface area contributed by atoms with Gasteiger partial charge in [-0.3, -0.25) is 14.4 Å². The van der Waals surface area contributed by atoms with Gasteiger partial charge in [-0.15, -0.1) is 0 Å². The van der Waals surface area contributed by atoms with Gasteiger partial charge >= 0.3 is 0 Å². The van der Waals surface area contributed by atoms with Gasteiger partial charge < -0.3 is 51.1 Å². The van der Waals surface area contributed by atoms with Crippen molar-refractivity contribution in [3.05, 3.63) is 0 Å². The van der Waals surface area contributed by atoms with E-state index in [9.17, 15) is 45.0 Å². The van der Waals surface area contributed by atoms with Gasteiger partial charge in [-0.25, -0.2) is 0 Å². The van der Waals surface area contributed by atoms with Crippen LogP contribution in [-0.4, -0.2) is 121 Å². The first-order chi connectivity index (χ1) is 13.5. The van der Waals surface area contributed by atoms with Gasteiger partial charge in [0.25, 0.3) is 0 Å². The van der Waals surface area contributed by atoms with Gasteiger partial charge in [0.05, 0.1) is 19.3 Å². The second-order valence-corrected chi connectivity index (χ2v) is 6.80. The molecule has 1 aliphatic heterocycles. The van der Waals surface area contributed by atoms with Gasteiger partial charge in [-0.1, -0.05) is 0 Å². The standard InChI is InChI=1S/C16H28N2O11/c1-5(21)17-9(13(26)11(24)7(23)3-19)15(28)16-10(18-6(2)22)14(27)12(25)8(4-20)29-16/h7-14,16,19-20,23-27H,3-4H2,1-2H3,(H,17,21)(H,18,22)/t7-,8-,9-,10-,11-,12+,13-,14-,16-/m1/s1. The van der Waals surface area contributed by atoms with Gasteiger partial charge in [0.2, 0.25) is 11.8 Å². The number of aliphatic hydroxyl groups is 7. The zero-order valence-electron chi connectivity index (χ0n) is 15.9. The Morgan fingerprint density at radius 1 is 0.966 bits per heavy atom. The monoisotopic (exact) mass is 424 g/mol. The average Bonchev–Trinajstić information content (AvgIpc) is 2.67. The van der Waals surface area contributed by atoms with Crippen molar-refractivity contribution < 1.29 is 54.9 Å². The van der Waals surface area contributed by atoms with Crippen LogP contribution >= 0.6 is 0 Å². The Labute approximate surface area is 165 Å². The maximum Gasteiger partial charge on any atom is 0.217 e. The van der Waals surface area contributed by atoms with Gasteiger partial charge in [-0.05, 0) is 0 Å². The summed E-state index contributed by atoms with van der Waals surface area (Å²) in [5, 5.41) is 72.5. The highest BCUT2D eigenvalue weighted by Crippen LogP contribution is 2.24. The minimum Gasteiger partial charge on any atom is -0.394 e. The molecule has 0 aromatic carbocycles. The Morgan fingerprint density at radius 2 is 1.55 bits per heavy atom. The fourth-order valence-corrected chi connectivity index (χ4v) is 3.01. The molecule has 1 heterocycles. The van der Waals surface area contributed by atoms with Gasteiger partial charge in [0.1, 0.15) is 48.8 Å². The molecule has 29 heavy (non-hydrogen) atoms. The molecule has 0 bridgehead atoms. The largest absolute Gasteiger partial charge is 0.394 e. The summed E-state index contributed by atoms with van der Waals surface area (Å²) in [5.41, 5.74) is 0. The van der Waals surface area contributed by atoms with Crippen LogP contribution in [0.2, 0.25) is 0 Å². The molecule has 0 aromatic rings. The zero-order chi connectivity index (χ0) is 22.5. The van der Waals surface area contributed by atoms with E-state index >= 15 is 0 Å². The average molecular weight is 424 g/mol. The Morgan fingerprint density at radius 3 is 2.00 bits per heavy atom. The number of aliphatic hydroxyl groups excluding tert-OH is 7. The van der Waals surface area contributed by atoms with Gasteiger partial charge in [0.15, 0.2) is 5.78 Å². The van der Waals surface area contributed by atoms with Crippen molar-refractivity contribution in [2.75, 3.05) is 13.2 Å². The third-order valence-electron chi connectivity index (χ3n) is 4.51. The smallest absolute Gasteiger partial charge is 0.217 e. The van der Waals surface area contributed by atoms with E-state index in [0.717, 1.165) is 13.8 Å². The van der Waals surface area contributed by atoms with Crippen LogP contribution in [0.3, 0.4) is 0 Å². The number of rotatable bonds is 9. The number of amides is 2. The fraction of sp³-hybridized carbons (Fsp3) is 0.812. The van der Waals surface area contributed by atoms with Crippen LogP contribution in [0.15, 0.2) is 0 Å². The molecule has 0 aromatic heterocycles. The highest BCUT2D eigenvalue weighted by molar-refractivity contribution is 5.93. The van der Waals surface area contributed by atoms with Crippen molar-refractivity contribution in [2.24, 2.45) is 0 Å². The van der Waals surface area contributed by atoms with E-state index in [1.807, 2.05) is 0 Å². The molecule has 1 saturated heterocycles. The number of ether oxygens (including phenoxy) is 1. The van der Waals surface area contributed by atoms with Gasteiger partial charge in [-0.2, -0.15) is 0 Å². The number of carbonyl (C=O) groups excluding carboxylic acids is 3. The fourth-order valence-electron chi connectivity index (χ4n) is 3.01. The molecule has 0 spiro atoms. The summed E-state index contributed by atoms with van der Waals surface area (Å²) in [4.78, 5) is 36.0. The van der Waals surface area contributed by atoms with Crippen molar-refractivity contribution in [2.45, 2.75) is 68.7 Å². The summed E-state index contributed by atoms with van der Waals surface area (Å²) in [7, 11) is 0. The van der Waals surface area contributed by atoms with E-state index in [0.29, 0.717) is 0 Å². The Bertz CT molecular complexity index is 589. The molecule has 0 radical (unpaired) electrons. The van der Waals surface area contributed by atoms with Crippen LogP contribution in [0.25, 0.3) is 0 Å². The van der Waals surface area contributed by atoms with Crippen molar-refractivity contribution in [3.8, 4) is 0 Å². The van der Waals surface area contributed by atoms with Crippen molar-refractivity contribution >= 4 is 17.6 Å². The number of hydrogen-bond acceptors (Lipinski definition) is 11. The lowest BCUT2D eigenvalue weighted by molar-refractivity contribution is -0.200. The van der Waals surface area contributed by atoms with Crippen molar-refractivity contribution in [3.63, 3.8) is 0 Å². The van der Waals surface area contributed by atoms with E-state index in [4.69, 9.17) is 9.84 Å². The molecule has 2 amide bonds.